The van der Waals surface area contributed by atoms with E-state index in [4.69, 9.17) is 0 Å². The van der Waals surface area contributed by atoms with Crippen molar-refractivity contribution in [1.29, 1.82) is 0 Å². The zero-order valence-corrected chi connectivity index (χ0v) is 12.4. The lowest BCUT2D eigenvalue weighted by Gasteiger charge is -2.11. The molecule has 0 spiro atoms. The molecule has 0 amide bonds. The van der Waals surface area contributed by atoms with Gasteiger partial charge in [0, 0.05) is 22.7 Å². The summed E-state index contributed by atoms with van der Waals surface area (Å²) in [5, 5.41) is 8.82. The zero-order valence-electron chi connectivity index (χ0n) is 11.6. The van der Waals surface area contributed by atoms with Crippen LogP contribution in [0.5, 0.6) is 0 Å². The Morgan fingerprint density at radius 2 is 2.06 bits per heavy atom. The van der Waals surface area contributed by atoms with E-state index in [2.05, 4.69) is 49.3 Å². The van der Waals surface area contributed by atoms with Gasteiger partial charge in [0.1, 0.15) is 5.01 Å². The highest BCUT2D eigenvalue weighted by Gasteiger charge is 2.18. The Morgan fingerprint density at radius 3 is 2.50 bits per heavy atom. The van der Waals surface area contributed by atoms with Gasteiger partial charge >= 0.3 is 0 Å². The zero-order chi connectivity index (χ0) is 13.3. The van der Waals surface area contributed by atoms with Gasteiger partial charge in [0.2, 0.25) is 0 Å². The van der Waals surface area contributed by atoms with Gasteiger partial charge in [0.25, 0.3) is 0 Å². The van der Waals surface area contributed by atoms with Crippen LogP contribution >= 0.6 is 11.3 Å². The van der Waals surface area contributed by atoms with Crippen LogP contribution in [0.4, 0.5) is 0 Å². The first-order valence-corrected chi connectivity index (χ1v) is 6.99. The quantitative estimate of drug-likeness (QED) is 0.923. The van der Waals surface area contributed by atoms with Crippen LogP contribution in [0.25, 0.3) is 0 Å². The molecule has 0 aromatic carbocycles. The van der Waals surface area contributed by atoms with Crippen molar-refractivity contribution in [3.63, 3.8) is 0 Å². The predicted molar refractivity (Wildman–Crippen MR) is 75.1 cm³/mol. The fraction of sp³-hybridized carbons (Fsp3) is 0.538. The van der Waals surface area contributed by atoms with Crippen molar-refractivity contribution in [2.45, 2.75) is 39.8 Å². The van der Waals surface area contributed by atoms with Crippen LogP contribution < -0.4 is 5.32 Å². The molecule has 0 radical (unpaired) electrons. The van der Waals surface area contributed by atoms with Crippen molar-refractivity contribution >= 4 is 11.3 Å². The van der Waals surface area contributed by atoms with Crippen LogP contribution in [0.2, 0.25) is 0 Å². The second-order valence-electron chi connectivity index (χ2n) is 4.76. The highest BCUT2D eigenvalue weighted by molar-refractivity contribution is 7.11. The minimum absolute atomic E-state index is 0.134. The second-order valence-corrected chi connectivity index (χ2v) is 6.00. The number of hydrogen-bond acceptors (Lipinski definition) is 4. The summed E-state index contributed by atoms with van der Waals surface area (Å²) < 4.78 is 1.98. The maximum Gasteiger partial charge on any atom is 0.115 e. The molecule has 0 bridgehead atoms. The van der Waals surface area contributed by atoms with Crippen LogP contribution in [0.15, 0.2) is 12.4 Å². The van der Waals surface area contributed by atoms with Gasteiger partial charge in [-0.3, -0.25) is 4.68 Å². The van der Waals surface area contributed by atoms with Crippen LogP contribution in [0.3, 0.4) is 0 Å². The SMILES string of the molecule is CNC(c1cnn(C(C)C)c1)c1nc(C)c(C)s1. The highest BCUT2D eigenvalue weighted by atomic mass is 32.1. The maximum atomic E-state index is 4.63. The number of rotatable bonds is 4. The Balaban J connectivity index is 2.32. The first-order valence-electron chi connectivity index (χ1n) is 6.18. The Hall–Kier alpha value is -1.20. The number of aryl methyl sites for hydroxylation is 2. The molecule has 2 aromatic rings. The van der Waals surface area contributed by atoms with E-state index in [1.54, 1.807) is 11.3 Å². The fourth-order valence-corrected chi connectivity index (χ4v) is 2.90. The Bertz CT molecular complexity index is 507. The lowest BCUT2D eigenvalue weighted by atomic mass is 10.2. The van der Waals surface area contributed by atoms with Crippen molar-refractivity contribution in [2.24, 2.45) is 0 Å². The molecule has 18 heavy (non-hydrogen) atoms. The van der Waals surface area contributed by atoms with E-state index in [1.165, 1.54) is 10.4 Å². The summed E-state index contributed by atoms with van der Waals surface area (Å²) >= 11 is 1.75. The number of thiazole rings is 1. The average Bonchev–Trinajstić information content (AvgIpc) is 2.89. The standard InChI is InChI=1S/C13H20N4S/c1-8(2)17-7-11(6-15-17)12(14-5)13-16-9(3)10(4)18-13/h6-8,12,14H,1-5H3. The van der Waals surface area contributed by atoms with Gasteiger partial charge in [-0.15, -0.1) is 11.3 Å². The van der Waals surface area contributed by atoms with Gasteiger partial charge < -0.3 is 5.32 Å². The minimum atomic E-state index is 0.134. The minimum Gasteiger partial charge on any atom is -0.307 e. The molecule has 0 aliphatic rings. The van der Waals surface area contributed by atoms with E-state index in [0.29, 0.717) is 6.04 Å². The van der Waals surface area contributed by atoms with E-state index in [9.17, 15) is 0 Å². The first kappa shape index (κ1) is 13.2. The smallest absolute Gasteiger partial charge is 0.115 e. The van der Waals surface area contributed by atoms with E-state index in [1.807, 2.05) is 17.9 Å². The molecule has 4 nitrogen and oxygen atoms in total. The highest BCUT2D eigenvalue weighted by Crippen LogP contribution is 2.27. The third kappa shape index (κ3) is 2.47. The largest absolute Gasteiger partial charge is 0.307 e. The van der Waals surface area contributed by atoms with E-state index in [-0.39, 0.29) is 6.04 Å². The molecule has 5 heteroatoms. The van der Waals surface area contributed by atoms with E-state index < -0.39 is 0 Å². The summed E-state index contributed by atoms with van der Waals surface area (Å²) in [4.78, 5) is 5.91. The monoisotopic (exact) mass is 264 g/mol. The molecule has 0 fully saturated rings. The van der Waals surface area contributed by atoms with Crippen molar-refractivity contribution in [3.05, 3.63) is 33.5 Å². The van der Waals surface area contributed by atoms with Crippen molar-refractivity contribution in [3.8, 4) is 0 Å². The normalized spacial score (nSPS) is 13.2. The van der Waals surface area contributed by atoms with Crippen molar-refractivity contribution in [1.82, 2.24) is 20.1 Å². The summed E-state index contributed by atoms with van der Waals surface area (Å²) in [6.07, 6.45) is 4.02. The van der Waals surface area contributed by atoms with Crippen LogP contribution in [0.1, 0.15) is 47.1 Å². The van der Waals surface area contributed by atoms with Gasteiger partial charge in [-0.05, 0) is 34.7 Å². The molecular weight excluding hydrogens is 244 g/mol. The van der Waals surface area contributed by atoms with Gasteiger partial charge in [-0.1, -0.05) is 0 Å². The third-order valence-electron chi connectivity index (χ3n) is 3.06. The Labute approximate surface area is 112 Å². The number of nitrogens with one attached hydrogen (secondary N) is 1. The van der Waals surface area contributed by atoms with Gasteiger partial charge in [0.05, 0.1) is 17.9 Å². The van der Waals surface area contributed by atoms with Crippen LogP contribution in [-0.2, 0) is 0 Å². The van der Waals surface area contributed by atoms with Crippen molar-refractivity contribution < 1.29 is 0 Å². The number of aromatic nitrogens is 3. The molecule has 98 valence electrons. The summed E-state index contributed by atoms with van der Waals surface area (Å²) in [7, 11) is 1.96. The molecule has 0 saturated heterocycles. The molecule has 0 aliphatic carbocycles. The molecule has 2 heterocycles. The number of hydrogen-bond donors (Lipinski definition) is 1. The first-order chi connectivity index (χ1) is 8.52. The summed E-state index contributed by atoms with van der Waals surface area (Å²) in [6, 6.07) is 0.519. The predicted octanol–water partition coefficient (Wildman–Crippen LogP) is 2.85. The lowest BCUT2D eigenvalue weighted by Crippen LogP contribution is -2.17. The van der Waals surface area contributed by atoms with Crippen LogP contribution in [-0.4, -0.2) is 21.8 Å². The summed E-state index contributed by atoms with van der Waals surface area (Å²) in [5.74, 6) is 0. The summed E-state index contributed by atoms with van der Waals surface area (Å²) in [5.41, 5.74) is 2.28. The average molecular weight is 264 g/mol. The molecule has 1 atom stereocenters. The van der Waals surface area contributed by atoms with E-state index in [0.717, 1.165) is 10.7 Å². The fourth-order valence-electron chi connectivity index (χ4n) is 1.84. The van der Waals surface area contributed by atoms with Crippen LogP contribution in [0, 0.1) is 13.8 Å². The Kier molecular flexibility index (Phi) is 3.82. The van der Waals surface area contributed by atoms with Crippen molar-refractivity contribution in [2.75, 3.05) is 7.05 Å². The summed E-state index contributed by atoms with van der Waals surface area (Å²) in [6.45, 7) is 8.42. The Morgan fingerprint density at radius 1 is 1.33 bits per heavy atom. The van der Waals surface area contributed by atoms with Gasteiger partial charge in [-0.2, -0.15) is 5.10 Å². The van der Waals surface area contributed by atoms with Gasteiger partial charge in [-0.25, -0.2) is 4.98 Å². The molecule has 2 aromatic heterocycles. The molecule has 1 N–H and O–H groups in total. The molecule has 2 rings (SSSR count). The number of nitrogens with zero attached hydrogens (tertiary/aromatic N) is 3. The lowest BCUT2D eigenvalue weighted by molar-refractivity contribution is 0.531. The molecule has 1 unspecified atom stereocenters. The van der Waals surface area contributed by atoms with Gasteiger partial charge in [0.15, 0.2) is 0 Å². The topological polar surface area (TPSA) is 42.7 Å². The van der Waals surface area contributed by atoms with E-state index >= 15 is 0 Å². The molecular formula is C13H20N4S. The second kappa shape index (κ2) is 5.20. The third-order valence-corrected chi connectivity index (χ3v) is 4.20. The maximum absolute atomic E-state index is 4.63. The molecule has 0 saturated carbocycles. The molecule has 0 aliphatic heterocycles.